The molecule has 0 spiro atoms. The zero-order valence-electron chi connectivity index (χ0n) is 34.6. The number of hydrogen-bond donors (Lipinski definition) is 0. The third-order valence-corrected chi connectivity index (χ3v) is 15.7. The fourth-order valence-corrected chi connectivity index (χ4v) is 12.7. The van der Waals surface area contributed by atoms with Crippen LogP contribution in [0, 0.1) is 0 Å². The Morgan fingerprint density at radius 2 is 0.629 bits per heavy atom. The first kappa shape index (κ1) is 39.8. The van der Waals surface area contributed by atoms with Crippen molar-refractivity contribution >= 4 is 101 Å². The Morgan fingerprint density at radius 1 is 0.355 bits per heavy atom. The highest BCUT2D eigenvalue weighted by Gasteiger charge is 2.50. The van der Waals surface area contributed by atoms with Crippen molar-refractivity contribution in [2.24, 2.45) is 0 Å². The van der Waals surface area contributed by atoms with Gasteiger partial charge in [0.15, 0.2) is 0 Å². The van der Waals surface area contributed by atoms with E-state index in [9.17, 15) is 9.59 Å². The lowest BCUT2D eigenvalue weighted by Gasteiger charge is -2.28. The van der Waals surface area contributed by atoms with E-state index in [1.165, 1.54) is 0 Å². The molecule has 0 bridgehead atoms. The summed E-state index contributed by atoms with van der Waals surface area (Å²) in [6.07, 6.45) is 0. The van der Waals surface area contributed by atoms with Gasteiger partial charge in [-0.1, -0.05) is 72.8 Å². The minimum atomic E-state index is -0.158. The molecule has 0 saturated carbocycles. The van der Waals surface area contributed by atoms with Crippen LogP contribution < -0.4 is 9.80 Å². The minimum Gasteiger partial charge on any atom is -0.304 e. The van der Waals surface area contributed by atoms with Crippen LogP contribution in [0.25, 0.3) is 30.9 Å². The minimum absolute atomic E-state index is 0.124. The number of carbonyl (C=O) groups is 2. The molecule has 0 unspecified atom stereocenters. The van der Waals surface area contributed by atoms with Crippen molar-refractivity contribution in [1.82, 2.24) is 9.80 Å². The summed E-state index contributed by atoms with van der Waals surface area (Å²) in [5, 5.41) is 2.20. The Balaban J connectivity index is 1.02. The van der Waals surface area contributed by atoms with Crippen molar-refractivity contribution < 1.29 is 9.59 Å². The van der Waals surface area contributed by atoms with Crippen molar-refractivity contribution in [2.45, 2.75) is 39.8 Å². The van der Waals surface area contributed by atoms with Gasteiger partial charge >= 0.3 is 0 Å². The quantitative estimate of drug-likeness (QED) is 0.123. The standard InChI is InChI=1S/C52H42N4O2S4/c1-33(2)53-49(43-27-25-39(59-43)41-29-31-45(61-41)55(35-17-9-5-10-18-35)36-19-11-6-12-20-36)47-48(51(53)57)50(54(34(3)4)52(47)58)44-28-26-40(60-44)42-30-32-46(62-42)56(37-21-13-7-14-22-37)38-23-15-8-16-24-38/h5-34H,1-4H3. The van der Waals surface area contributed by atoms with Gasteiger partial charge in [0.05, 0.1) is 32.3 Å². The molecule has 4 aromatic carbocycles. The van der Waals surface area contributed by atoms with E-state index < -0.39 is 0 Å². The van der Waals surface area contributed by atoms with Crippen LogP contribution in [0.1, 0.15) is 37.4 Å². The Bertz CT molecular complexity index is 2690. The number of fused-ring (bicyclic) bond motifs is 1. The molecule has 0 aliphatic carbocycles. The van der Waals surface area contributed by atoms with Gasteiger partial charge in [-0.3, -0.25) is 9.59 Å². The summed E-state index contributed by atoms with van der Waals surface area (Å²) < 4.78 is 0. The second kappa shape index (κ2) is 16.5. The molecule has 2 amide bonds. The number of rotatable bonds is 12. The highest BCUT2D eigenvalue weighted by Crippen LogP contribution is 2.52. The highest BCUT2D eigenvalue weighted by molar-refractivity contribution is 7.25. The Labute approximate surface area is 378 Å². The normalized spacial score (nSPS) is 14.0. The third kappa shape index (κ3) is 7.03. The molecular formula is C52H42N4O2S4. The first-order valence-electron chi connectivity index (χ1n) is 20.6. The lowest BCUT2D eigenvalue weighted by atomic mass is 10.1. The first-order chi connectivity index (χ1) is 30.3. The lowest BCUT2D eigenvalue weighted by molar-refractivity contribution is -0.125. The van der Waals surface area contributed by atoms with Gasteiger partial charge in [0, 0.05) is 54.3 Å². The van der Waals surface area contributed by atoms with Crippen molar-refractivity contribution in [3.63, 3.8) is 0 Å². The van der Waals surface area contributed by atoms with Crippen LogP contribution in [0.4, 0.5) is 32.8 Å². The molecule has 306 valence electrons. The monoisotopic (exact) mass is 882 g/mol. The van der Waals surface area contributed by atoms with Crippen LogP contribution in [-0.2, 0) is 9.59 Å². The first-order valence-corrected chi connectivity index (χ1v) is 23.9. The van der Waals surface area contributed by atoms with Crippen LogP contribution in [0.2, 0.25) is 0 Å². The highest BCUT2D eigenvalue weighted by atomic mass is 32.1. The van der Waals surface area contributed by atoms with Crippen LogP contribution in [0.3, 0.4) is 0 Å². The van der Waals surface area contributed by atoms with Gasteiger partial charge < -0.3 is 19.6 Å². The molecule has 0 atom stereocenters. The smallest absolute Gasteiger partial charge is 0.261 e. The van der Waals surface area contributed by atoms with E-state index in [4.69, 9.17) is 0 Å². The topological polar surface area (TPSA) is 47.1 Å². The van der Waals surface area contributed by atoms with E-state index in [2.05, 4.69) is 155 Å². The van der Waals surface area contributed by atoms with Gasteiger partial charge in [-0.15, -0.1) is 45.3 Å². The predicted octanol–water partition coefficient (Wildman–Crippen LogP) is 14.8. The zero-order chi connectivity index (χ0) is 42.5. The van der Waals surface area contributed by atoms with E-state index in [1.54, 1.807) is 45.3 Å². The molecule has 0 radical (unpaired) electrons. The maximum absolute atomic E-state index is 14.8. The number of nitrogens with zero attached hydrogens (tertiary/aromatic N) is 4. The molecule has 6 nitrogen and oxygen atoms in total. The van der Waals surface area contributed by atoms with Gasteiger partial charge in [-0.05, 0) is 125 Å². The summed E-state index contributed by atoms with van der Waals surface area (Å²) in [6.45, 7) is 8.10. The fourth-order valence-electron chi connectivity index (χ4n) is 8.28. The summed E-state index contributed by atoms with van der Waals surface area (Å²) in [6, 6.07) is 58.4. The van der Waals surface area contributed by atoms with Gasteiger partial charge in [0.1, 0.15) is 10.0 Å². The summed E-state index contributed by atoms with van der Waals surface area (Å²) in [5.41, 5.74) is 6.76. The van der Waals surface area contributed by atoms with Crippen molar-refractivity contribution in [3.05, 3.63) is 191 Å². The summed E-state index contributed by atoms with van der Waals surface area (Å²) >= 11 is 6.71. The van der Waals surface area contributed by atoms with Crippen LogP contribution in [0.15, 0.2) is 181 Å². The zero-order valence-corrected chi connectivity index (χ0v) is 37.8. The predicted molar refractivity (Wildman–Crippen MR) is 262 cm³/mol. The number of thiophene rings is 4. The Morgan fingerprint density at radius 3 is 0.935 bits per heavy atom. The molecular weight excluding hydrogens is 841 g/mol. The molecule has 6 heterocycles. The number of benzene rings is 4. The largest absolute Gasteiger partial charge is 0.304 e. The van der Waals surface area contributed by atoms with Crippen LogP contribution in [0.5, 0.6) is 0 Å². The number of para-hydroxylation sites is 4. The second-order valence-corrected chi connectivity index (χ2v) is 19.9. The molecule has 0 saturated heterocycles. The van der Waals surface area contributed by atoms with E-state index >= 15 is 0 Å². The SMILES string of the molecule is CC(C)N1C(=O)C2=C(c3ccc(-c4ccc(N(c5ccccc5)c5ccccc5)s4)s3)N(C(C)C)C(=O)C2=C1c1ccc(-c2ccc(N(c3ccccc3)c3ccccc3)s2)s1. The molecule has 10 heteroatoms. The van der Waals surface area contributed by atoms with Crippen molar-refractivity contribution in [1.29, 1.82) is 0 Å². The Kier molecular flexibility index (Phi) is 10.6. The fraction of sp³-hybridized carbons (Fsp3) is 0.115. The number of amides is 2. The Hall–Kier alpha value is -6.30. The molecule has 10 rings (SSSR count). The molecule has 0 fully saturated rings. The maximum Gasteiger partial charge on any atom is 0.261 e. The summed E-state index contributed by atoms with van der Waals surface area (Å²) in [7, 11) is 0. The molecule has 2 aliphatic rings. The maximum atomic E-state index is 14.8. The average Bonchev–Trinajstić information content (AvgIpc) is 4.16. The summed E-state index contributed by atoms with van der Waals surface area (Å²) in [5.74, 6) is -0.248. The molecule has 2 aliphatic heterocycles. The van der Waals surface area contributed by atoms with Crippen LogP contribution >= 0.6 is 45.3 Å². The third-order valence-electron chi connectivity index (χ3n) is 10.9. The lowest BCUT2D eigenvalue weighted by Crippen LogP contribution is -2.35. The van der Waals surface area contributed by atoms with E-state index in [0.29, 0.717) is 22.5 Å². The van der Waals surface area contributed by atoms with Gasteiger partial charge in [-0.25, -0.2) is 0 Å². The van der Waals surface area contributed by atoms with E-state index in [-0.39, 0.29) is 23.9 Å². The number of carbonyl (C=O) groups excluding carboxylic acids is 2. The molecule has 62 heavy (non-hydrogen) atoms. The number of anilines is 6. The van der Waals surface area contributed by atoms with Gasteiger partial charge in [0.25, 0.3) is 11.8 Å². The van der Waals surface area contributed by atoms with E-state index in [0.717, 1.165) is 62.0 Å². The van der Waals surface area contributed by atoms with Gasteiger partial charge in [0.2, 0.25) is 0 Å². The second-order valence-electron chi connectivity index (χ2n) is 15.6. The van der Waals surface area contributed by atoms with Gasteiger partial charge in [-0.2, -0.15) is 0 Å². The molecule has 0 N–H and O–H groups in total. The number of hydrogen-bond acceptors (Lipinski definition) is 8. The van der Waals surface area contributed by atoms with Crippen molar-refractivity contribution in [2.75, 3.05) is 9.80 Å². The van der Waals surface area contributed by atoms with Crippen molar-refractivity contribution in [3.8, 4) is 19.5 Å². The molecule has 4 aromatic heterocycles. The summed E-state index contributed by atoms with van der Waals surface area (Å²) in [4.78, 5) is 44.1. The van der Waals surface area contributed by atoms with Crippen LogP contribution in [-0.4, -0.2) is 33.7 Å². The molecule has 8 aromatic rings. The van der Waals surface area contributed by atoms with E-state index in [1.807, 2.05) is 61.8 Å². The average molecular weight is 883 g/mol.